The highest BCUT2D eigenvalue weighted by Gasteiger charge is 2.29. The van der Waals surface area contributed by atoms with Crippen LogP contribution in [-0.4, -0.2) is 60.5 Å². The van der Waals surface area contributed by atoms with Crippen molar-refractivity contribution in [3.05, 3.63) is 41.5 Å². The fourth-order valence-corrected chi connectivity index (χ4v) is 2.99. The van der Waals surface area contributed by atoms with E-state index in [0.717, 1.165) is 11.1 Å². The van der Waals surface area contributed by atoms with Gasteiger partial charge >= 0.3 is 7.12 Å². The van der Waals surface area contributed by atoms with Gasteiger partial charge in [-0.1, -0.05) is 43.7 Å². The van der Waals surface area contributed by atoms with E-state index >= 15 is 0 Å². The number of aryl methyl sites for hydroxylation is 1. The molecule has 9 nitrogen and oxygen atoms in total. The Morgan fingerprint density at radius 3 is 2.38 bits per heavy atom. The molecule has 1 aromatic carbocycles. The molecule has 32 heavy (non-hydrogen) atoms. The molecule has 0 bridgehead atoms. The van der Waals surface area contributed by atoms with E-state index in [-0.39, 0.29) is 11.9 Å². The second kappa shape index (κ2) is 14.3. The van der Waals surface area contributed by atoms with E-state index in [1.54, 1.807) is 13.1 Å². The summed E-state index contributed by atoms with van der Waals surface area (Å²) < 4.78 is 0. The van der Waals surface area contributed by atoms with Gasteiger partial charge in [0.2, 0.25) is 11.8 Å². The Morgan fingerprint density at radius 2 is 1.81 bits per heavy atom. The zero-order valence-electron chi connectivity index (χ0n) is 19.3. The summed E-state index contributed by atoms with van der Waals surface area (Å²) in [6, 6.07) is 6.82. The quantitative estimate of drug-likeness (QED) is 0.0823. The molecule has 0 aromatic heterocycles. The summed E-state index contributed by atoms with van der Waals surface area (Å²) in [5.41, 5.74) is 1.98. The first-order valence-electron chi connectivity index (χ1n) is 10.8. The lowest BCUT2D eigenvalue weighted by Crippen LogP contribution is -2.54. The predicted octanol–water partition coefficient (Wildman–Crippen LogP) is 0.560. The monoisotopic (exact) mass is 445 g/mol. The molecule has 0 radical (unpaired) electrons. The number of guanidine groups is 1. The molecule has 1 rings (SSSR count). The highest BCUT2D eigenvalue weighted by molar-refractivity contribution is 6.43. The summed E-state index contributed by atoms with van der Waals surface area (Å²) in [5.74, 6) is -1.43. The molecule has 10 heteroatoms. The Labute approximate surface area is 190 Å². The van der Waals surface area contributed by atoms with Gasteiger partial charge in [-0.05, 0) is 43.7 Å². The lowest BCUT2D eigenvalue weighted by Gasteiger charge is -2.24. The van der Waals surface area contributed by atoms with Crippen LogP contribution >= 0.6 is 0 Å². The smallest absolute Gasteiger partial charge is 0.426 e. The van der Waals surface area contributed by atoms with Gasteiger partial charge in [-0.25, -0.2) is 0 Å². The minimum Gasteiger partial charge on any atom is -0.426 e. The van der Waals surface area contributed by atoms with Crippen LogP contribution in [0.1, 0.15) is 44.2 Å². The first kappa shape index (κ1) is 27.2. The molecule has 0 aliphatic rings. The number of hydrogen-bond acceptors (Lipinski definition) is 5. The average molecular weight is 445 g/mol. The van der Waals surface area contributed by atoms with Crippen LogP contribution in [0, 0.1) is 18.3 Å². The van der Waals surface area contributed by atoms with Crippen LogP contribution in [-0.2, 0) is 9.59 Å². The van der Waals surface area contributed by atoms with Crippen LogP contribution in [0.2, 0.25) is 0 Å². The van der Waals surface area contributed by atoms with E-state index in [4.69, 9.17) is 5.41 Å². The van der Waals surface area contributed by atoms with Crippen LogP contribution in [0.3, 0.4) is 0 Å². The number of benzene rings is 1. The van der Waals surface area contributed by atoms with E-state index in [9.17, 15) is 19.6 Å². The molecule has 0 saturated heterocycles. The zero-order valence-corrected chi connectivity index (χ0v) is 19.3. The Bertz CT molecular complexity index is 768. The summed E-state index contributed by atoms with van der Waals surface area (Å²) in [5, 5.41) is 37.6. The van der Waals surface area contributed by atoms with Crippen LogP contribution in [0.4, 0.5) is 0 Å². The summed E-state index contributed by atoms with van der Waals surface area (Å²) in [4.78, 5) is 25.3. The highest BCUT2D eigenvalue weighted by atomic mass is 16.4. The molecule has 1 aromatic rings. The Hall–Kier alpha value is -2.85. The van der Waals surface area contributed by atoms with Crippen molar-refractivity contribution in [2.45, 2.75) is 52.0 Å². The molecule has 0 unspecified atom stereocenters. The maximum Gasteiger partial charge on any atom is 0.475 e. The Balaban J connectivity index is 2.80. The third-order valence-electron chi connectivity index (χ3n) is 4.77. The Kier molecular flexibility index (Phi) is 12.1. The first-order valence-corrected chi connectivity index (χ1v) is 10.8. The molecular weight excluding hydrogens is 409 g/mol. The SMILES string of the molecule is CNC(=N)NCCC[C@H](NC(=O)/C=C/c1ccc(C)cc1)C(=O)N[C@@H](CC(C)C)B(O)O. The van der Waals surface area contributed by atoms with Gasteiger partial charge in [0, 0.05) is 19.7 Å². The van der Waals surface area contributed by atoms with Gasteiger partial charge in [0.05, 0.1) is 5.94 Å². The number of amides is 2. The van der Waals surface area contributed by atoms with Crippen molar-refractivity contribution in [3.63, 3.8) is 0 Å². The molecule has 0 saturated carbocycles. The minimum absolute atomic E-state index is 0.143. The van der Waals surface area contributed by atoms with E-state index < -0.39 is 30.9 Å². The number of hydrogen-bond donors (Lipinski definition) is 7. The van der Waals surface area contributed by atoms with Crippen molar-refractivity contribution >= 4 is 31.0 Å². The fourth-order valence-electron chi connectivity index (χ4n) is 2.99. The zero-order chi connectivity index (χ0) is 24.1. The topological polar surface area (TPSA) is 147 Å². The van der Waals surface area contributed by atoms with E-state index in [1.807, 2.05) is 45.0 Å². The fraction of sp³-hybridized carbons (Fsp3) is 0.500. The van der Waals surface area contributed by atoms with Crippen LogP contribution in [0.25, 0.3) is 6.08 Å². The summed E-state index contributed by atoms with van der Waals surface area (Å²) in [6.07, 6.45) is 4.25. The molecular formula is C22H36BN5O4. The molecule has 0 heterocycles. The molecule has 0 fully saturated rings. The van der Waals surface area contributed by atoms with Gasteiger partial charge in [0.25, 0.3) is 0 Å². The minimum atomic E-state index is -1.70. The molecule has 0 spiro atoms. The van der Waals surface area contributed by atoms with Crippen LogP contribution < -0.4 is 21.3 Å². The average Bonchev–Trinajstić information content (AvgIpc) is 2.74. The van der Waals surface area contributed by atoms with E-state index in [2.05, 4.69) is 21.3 Å². The normalized spacial score (nSPS) is 12.8. The van der Waals surface area contributed by atoms with Gasteiger partial charge in [-0.15, -0.1) is 0 Å². The number of nitrogens with one attached hydrogen (secondary N) is 5. The number of carbonyl (C=O) groups excluding carboxylic acids is 2. The second-order valence-corrected chi connectivity index (χ2v) is 8.16. The maximum absolute atomic E-state index is 12.8. The molecule has 2 atom stereocenters. The van der Waals surface area contributed by atoms with E-state index in [0.29, 0.717) is 25.8 Å². The van der Waals surface area contributed by atoms with Crippen molar-refractivity contribution in [2.75, 3.05) is 13.6 Å². The predicted molar refractivity (Wildman–Crippen MR) is 128 cm³/mol. The lowest BCUT2D eigenvalue weighted by molar-refractivity contribution is -0.127. The van der Waals surface area contributed by atoms with Gasteiger partial charge in [0.1, 0.15) is 6.04 Å². The highest BCUT2D eigenvalue weighted by Crippen LogP contribution is 2.08. The maximum atomic E-state index is 12.8. The number of rotatable bonds is 12. The lowest BCUT2D eigenvalue weighted by atomic mass is 9.75. The third-order valence-corrected chi connectivity index (χ3v) is 4.77. The van der Waals surface area contributed by atoms with E-state index in [1.165, 1.54) is 6.08 Å². The summed E-state index contributed by atoms with van der Waals surface area (Å²) in [6.45, 7) is 6.25. The van der Waals surface area contributed by atoms with Gasteiger partial charge in [0.15, 0.2) is 5.96 Å². The van der Waals surface area contributed by atoms with Crippen molar-refractivity contribution in [2.24, 2.45) is 5.92 Å². The van der Waals surface area contributed by atoms with Crippen LogP contribution in [0.5, 0.6) is 0 Å². The number of carbonyl (C=O) groups is 2. The van der Waals surface area contributed by atoms with Gasteiger partial charge in [-0.2, -0.15) is 0 Å². The van der Waals surface area contributed by atoms with Gasteiger partial charge < -0.3 is 31.3 Å². The summed E-state index contributed by atoms with van der Waals surface area (Å²) >= 11 is 0. The third kappa shape index (κ3) is 11.0. The molecule has 2 amide bonds. The molecule has 7 N–H and O–H groups in total. The van der Waals surface area contributed by atoms with Gasteiger partial charge in [-0.3, -0.25) is 15.0 Å². The second-order valence-electron chi connectivity index (χ2n) is 8.16. The van der Waals surface area contributed by atoms with Crippen molar-refractivity contribution in [3.8, 4) is 0 Å². The van der Waals surface area contributed by atoms with Crippen molar-refractivity contribution in [1.82, 2.24) is 21.3 Å². The Morgan fingerprint density at radius 1 is 1.16 bits per heavy atom. The first-order chi connectivity index (χ1) is 15.1. The summed E-state index contributed by atoms with van der Waals surface area (Å²) in [7, 11) is -0.0711. The molecule has 0 aliphatic heterocycles. The van der Waals surface area contributed by atoms with Crippen molar-refractivity contribution < 1.29 is 19.6 Å². The standard InChI is InChI=1S/C22H36BN5O4/c1-15(2)14-19(23(31)32)28-21(30)18(6-5-13-26-22(24)25-4)27-20(29)12-11-17-9-7-16(3)8-10-17/h7-12,15,18-19,31-32H,5-6,13-14H2,1-4H3,(H,27,29)(H,28,30)(H3,24,25,26)/b12-11+/t18-,19-/m0/s1. The molecule has 176 valence electrons. The van der Waals surface area contributed by atoms with Crippen LogP contribution in [0.15, 0.2) is 30.3 Å². The van der Waals surface area contributed by atoms with Crippen molar-refractivity contribution in [1.29, 1.82) is 5.41 Å². The molecule has 0 aliphatic carbocycles. The largest absolute Gasteiger partial charge is 0.475 e.